The maximum atomic E-state index is 13.6. The van der Waals surface area contributed by atoms with Crippen LogP contribution in [0.4, 0.5) is 10.2 Å². The predicted octanol–water partition coefficient (Wildman–Crippen LogP) is 1.67. The van der Waals surface area contributed by atoms with E-state index >= 15 is 0 Å². The first-order chi connectivity index (χ1) is 8.04. The highest BCUT2D eigenvalue weighted by molar-refractivity contribution is 5.59. The maximum absolute atomic E-state index is 13.6. The van der Waals surface area contributed by atoms with Crippen molar-refractivity contribution in [1.82, 2.24) is 19.7 Å². The van der Waals surface area contributed by atoms with Gasteiger partial charge in [0.1, 0.15) is 0 Å². The zero-order valence-electron chi connectivity index (χ0n) is 10.2. The molecule has 0 spiro atoms. The molecule has 0 saturated heterocycles. The fourth-order valence-electron chi connectivity index (χ4n) is 1.56. The van der Waals surface area contributed by atoms with E-state index in [2.05, 4.69) is 20.4 Å². The molecule has 2 heterocycles. The second-order valence-electron chi connectivity index (χ2n) is 3.81. The van der Waals surface area contributed by atoms with Gasteiger partial charge in [-0.05, 0) is 13.8 Å². The Kier molecular flexibility index (Phi) is 2.79. The minimum Gasteiger partial charge on any atom is -0.371 e. The summed E-state index contributed by atoms with van der Waals surface area (Å²) >= 11 is 0. The fraction of sp³-hybridized carbons (Fsp3) is 0.364. The van der Waals surface area contributed by atoms with E-state index < -0.39 is 5.82 Å². The number of aromatic nitrogens is 4. The Balaban J connectivity index is 2.61. The highest BCUT2D eigenvalue weighted by Gasteiger charge is 2.14. The first-order valence-electron chi connectivity index (χ1n) is 5.25. The van der Waals surface area contributed by atoms with Gasteiger partial charge in [-0.1, -0.05) is 0 Å². The molecule has 0 atom stereocenters. The number of halogens is 1. The summed E-state index contributed by atoms with van der Waals surface area (Å²) < 4.78 is 15.3. The molecule has 17 heavy (non-hydrogen) atoms. The lowest BCUT2D eigenvalue weighted by Crippen LogP contribution is -2.04. The van der Waals surface area contributed by atoms with E-state index in [4.69, 9.17) is 0 Å². The topological polar surface area (TPSA) is 55.6 Å². The second kappa shape index (κ2) is 4.12. The summed E-state index contributed by atoms with van der Waals surface area (Å²) in [5.41, 5.74) is 2.08. The minimum atomic E-state index is -0.419. The van der Waals surface area contributed by atoms with Crippen LogP contribution in [0, 0.1) is 19.7 Å². The summed E-state index contributed by atoms with van der Waals surface area (Å²) in [5.74, 6) is 0.271. The van der Waals surface area contributed by atoms with Gasteiger partial charge in [0.25, 0.3) is 0 Å². The number of anilines is 1. The van der Waals surface area contributed by atoms with Gasteiger partial charge in [0, 0.05) is 19.8 Å². The van der Waals surface area contributed by atoms with Gasteiger partial charge >= 0.3 is 0 Å². The van der Waals surface area contributed by atoms with Crippen LogP contribution in [0.1, 0.15) is 11.4 Å². The van der Waals surface area contributed by atoms with E-state index in [9.17, 15) is 4.39 Å². The summed E-state index contributed by atoms with van der Waals surface area (Å²) in [6.45, 7) is 3.54. The zero-order chi connectivity index (χ0) is 12.6. The van der Waals surface area contributed by atoms with E-state index in [1.54, 1.807) is 24.9 Å². The van der Waals surface area contributed by atoms with Gasteiger partial charge < -0.3 is 5.32 Å². The van der Waals surface area contributed by atoms with Crippen LogP contribution in [0.3, 0.4) is 0 Å². The van der Waals surface area contributed by atoms with Gasteiger partial charge in [0.2, 0.25) is 0 Å². The molecule has 0 bridgehead atoms. The molecule has 90 valence electrons. The Morgan fingerprint density at radius 2 is 2.00 bits per heavy atom. The van der Waals surface area contributed by atoms with Crippen LogP contribution >= 0.6 is 0 Å². The molecule has 0 aliphatic carbocycles. The average Bonchev–Trinajstić information content (AvgIpc) is 2.64. The predicted molar refractivity (Wildman–Crippen MR) is 63.2 cm³/mol. The van der Waals surface area contributed by atoms with Gasteiger partial charge in [0.05, 0.1) is 17.5 Å². The van der Waals surface area contributed by atoms with E-state index in [-0.39, 0.29) is 5.82 Å². The van der Waals surface area contributed by atoms with Crippen molar-refractivity contribution in [1.29, 1.82) is 0 Å². The third kappa shape index (κ3) is 1.86. The molecule has 0 saturated carbocycles. The summed E-state index contributed by atoms with van der Waals surface area (Å²) in [4.78, 5) is 8.29. The first kappa shape index (κ1) is 11.5. The number of rotatable bonds is 2. The number of nitrogens with one attached hydrogen (secondary N) is 1. The number of hydrogen-bond donors (Lipinski definition) is 1. The summed E-state index contributed by atoms with van der Waals surface area (Å²) in [6, 6.07) is 0. The molecule has 0 fully saturated rings. The molecule has 0 aromatic carbocycles. The molecule has 1 N–H and O–H groups in total. The highest BCUT2D eigenvalue weighted by atomic mass is 19.1. The van der Waals surface area contributed by atoms with Crippen molar-refractivity contribution < 1.29 is 4.39 Å². The molecule has 2 aromatic heterocycles. The summed E-state index contributed by atoms with van der Waals surface area (Å²) in [7, 11) is 3.47. The van der Waals surface area contributed by atoms with Crippen LogP contribution in [0.5, 0.6) is 0 Å². The number of aryl methyl sites for hydroxylation is 2. The van der Waals surface area contributed by atoms with Crippen LogP contribution in [0.15, 0.2) is 6.20 Å². The van der Waals surface area contributed by atoms with Gasteiger partial charge in [0.15, 0.2) is 17.5 Å². The van der Waals surface area contributed by atoms with Gasteiger partial charge in [-0.15, -0.1) is 0 Å². The number of hydrogen-bond acceptors (Lipinski definition) is 4. The standard InChI is InChI=1S/C11H14FN5/c1-6-9(12)11(13-3)16-10(15-6)8-5-14-17(4)7(8)2/h5H,1-4H3,(H,13,15,16). The van der Waals surface area contributed by atoms with Crippen LogP contribution in [-0.4, -0.2) is 26.8 Å². The van der Waals surface area contributed by atoms with Crippen LogP contribution < -0.4 is 5.32 Å². The van der Waals surface area contributed by atoms with Crippen molar-refractivity contribution in [2.24, 2.45) is 7.05 Å². The second-order valence-corrected chi connectivity index (χ2v) is 3.81. The van der Waals surface area contributed by atoms with Crippen molar-refractivity contribution in [2.75, 3.05) is 12.4 Å². The van der Waals surface area contributed by atoms with Crippen molar-refractivity contribution in [3.8, 4) is 11.4 Å². The smallest absolute Gasteiger partial charge is 0.186 e. The zero-order valence-corrected chi connectivity index (χ0v) is 10.2. The Labute approximate surface area is 98.7 Å². The monoisotopic (exact) mass is 235 g/mol. The third-order valence-corrected chi connectivity index (χ3v) is 2.73. The lowest BCUT2D eigenvalue weighted by atomic mass is 10.2. The molecule has 0 unspecified atom stereocenters. The lowest BCUT2D eigenvalue weighted by Gasteiger charge is -2.06. The molecule has 2 rings (SSSR count). The molecule has 0 radical (unpaired) electrons. The fourth-order valence-corrected chi connectivity index (χ4v) is 1.56. The number of nitrogens with zero attached hydrogens (tertiary/aromatic N) is 4. The van der Waals surface area contributed by atoms with E-state index in [1.807, 2.05) is 14.0 Å². The Bertz CT molecular complexity index is 561. The van der Waals surface area contributed by atoms with Gasteiger partial charge in [-0.2, -0.15) is 5.10 Å². The summed E-state index contributed by atoms with van der Waals surface area (Å²) in [6.07, 6.45) is 1.68. The molecular weight excluding hydrogens is 221 g/mol. The third-order valence-electron chi connectivity index (χ3n) is 2.73. The average molecular weight is 235 g/mol. The van der Waals surface area contributed by atoms with Crippen LogP contribution in [0.2, 0.25) is 0 Å². The molecule has 0 amide bonds. The van der Waals surface area contributed by atoms with Crippen LogP contribution in [-0.2, 0) is 7.05 Å². The maximum Gasteiger partial charge on any atom is 0.186 e. The SMILES string of the molecule is CNc1nc(-c2cnn(C)c2C)nc(C)c1F. The quantitative estimate of drug-likeness (QED) is 0.860. The van der Waals surface area contributed by atoms with Crippen LogP contribution in [0.25, 0.3) is 11.4 Å². The van der Waals surface area contributed by atoms with Crippen molar-refractivity contribution in [2.45, 2.75) is 13.8 Å². The van der Waals surface area contributed by atoms with Gasteiger partial charge in [-0.25, -0.2) is 14.4 Å². The van der Waals surface area contributed by atoms with Gasteiger partial charge in [-0.3, -0.25) is 4.68 Å². The molecule has 5 nitrogen and oxygen atoms in total. The largest absolute Gasteiger partial charge is 0.371 e. The molecule has 0 aliphatic rings. The Morgan fingerprint density at radius 3 is 2.53 bits per heavy atom. The molecule has 2 aromatic rings. The van der Waals surface area contributed by atoms with Crippen molar-refractivity contribution in [3.05, 3.63) is 23.4 Å². The lowest BCUT2D eigenvalue weighted by molar-refractivity contribution is 0.607. The van der Waals surface area contributed by atoms with Crippen molar-refractivity contribution in [3.63, 3.8) is 0 Å². The first-order valence-corrected chi connectivity index (χ1v) is 5.25. The highest BCUT2D eigenvalue weighted by Crippen LogP contribution is 2.22. The Morgan fingerprint density at radius 1 is 1.29 bits per heavy atom. The molecule has 6 heteroatoms. The molecular formula is C11H14FN5. The van der Waals surface area contributed by atoms with E-state index in [0.29, 0.717) is 11.5 Å². The molecule has 0 aliphatic heterocycles. The van der Waals surface area contributed by atoms with E-state index in [1.165, 1.54) is 0 Å². The summed E-state index contributed by atoms with van der Waals surface area (Å²) in [5, 5.41) is 6.84. The Hall–Kier alpha value is -1.98. The van der Waals surface area contributed by atoms with E-state index in [0.717, 1.165) is 11.3 Å². The van der Waals surface area contributed by atoms with Crippen molar-refractivity contribution >= 4 is 5.82 Å². The normalized spacial score (nSPS) is 10.6. The minimum absolute atomic E-state index is 0.204.